The van der Waals surface area contributed by atoms with Gasteiger partial charge in [-0.1, -0.05) is 30.8 Å². The summed E-state index contributed by atoms with van der Waals surface area (Å²) in [6, 6.07) is 15.6. The topological polar surface area (TPSA) is 116 Å². The van der Waals surface area contributed by atoms with Crippen molar-refractivity contribution in [3.05, 3.63) is 66.6 Å². The molecular weight excluding hydrogens is 448 g/mol. The highest BCUT2D eigenvalue weighted by Crippen LogP contribution is 2.26. The van der Waals surface area contributed by atoms with Gasteiger partial charge in [-0.05, 0) is 68.0 Å². The van der Waals surface area contributed by atoms with E-state index in [1.807, 2.05) is 48.5 Å². The lowest BCUT2D eigenvalue weighted by Crippen LogP contribution is -2.34. The summed E-state index contributed by atoms with van der Waals surface area (Å²) in [4.78, 5) is 23.0. The number of aromatic nitrogens is 2. The third-order valence-corrected chi connectivity index (χ3v) is 5.07. The molecule has 1 amide bonds. The summed E-state index contributed by atoms with van der Waals surface area (Å²) in [5, 5.41) is 7.69. The first-order chi connectivity index (χ1) is 17.0. The zero-order valence-corrected chi connectivity index (χ0v) is 20.0. The number of esters is 1. The van der Waals surface area contributed by atoms with Crippen LogP contribution in [-0.4, -0.2) is 42.3 Å². The zero-order valence-electron chi connectivity index (χ0n) is 20.0. The molecule has 0 spiro atoms. The Balaban J connectivity index is 1.41. The molecule has 0 unspecified atom stereocenters. The standard InChI is InChI=1S/C26H30N4O5/c1-18(2)26(32)34-17-7-5-4-6-16-33-22-14-12-20(13-15-22)19-8-10-21(11-9-19)24-29-30-25(35-24)23(31)28-27-3/h8-15,27H,1,4-7,16-17H2,2-3H3,(H,28,31). The van der Waals surface area contributed by atoms with Crippen LogP contribution < -0.4 is 15.6 Å². The lowest BCUT2D eigenvalue weighted by molar-refractivity contribution is -0.139. The molecule has 0 aliphatic heterocycles. The minimum Gasteiger partial charge on any atom is -0.494 e. The van der Waals surface area contributed by atoms with Gasteiger partial charge in [0.1, 0.15) is 5.75 Å². The molecule has 0 aliphatic carbocycles. The number of ether oxygens (including phenoxy) is 2. The van der Waals surface area contributed by atoms with E-state index in [2.05, 4.69) is 27.6 Å². The van der Waals surface area contributed by atoms with Gasteiger partial charge in [-0.25, -0.2) is 10.2 Å². The van der Waals surface area contributed by atoms with Crippen LogP contribution in [0.5, 0.6) is 5.75 Å². The molecule has 35 heavy (non-hydrogen) atoms. The lowest BCUT2D eigenvalue weighted by Gasteiger charge is -2.08. The summed E-state index contributed by atoms with van der Waals surface area (Å²) in [5.41, 5.74) is 8.13. The second-order valence-corrected chi connectivity index (χ2v) is 7.90. The fourth-order valence-corrected chi connectivity index (χ4v) is 3.18. The van der Waals surface area contributed by atoms with Crippen molar-refractivity contribution in [3.63, 3.8) is 0 Å². The highest BCUT2D eigenvalue weighted by molar-refractivity contribution is 5.89. The quantitative estimate of drug-likeness (QED) is 0.161. The van der Waals surface area contributed by atoms with Gasteiger partial charge >= 0.3 is 17.8 Å². The number of unbranched alkanes of at least 4 members (excludes halogenated alkanes) is 3. The summed E-state index contributed by atoms with van der Waals surface area (Å²) >= 11 is 0. The fourth-order valence-electron chi connectivity index (χ4n) is 3.18. The number of carbonyl (C=O) groups is 2. The molecule has 3 aromatic rings. The normalized spacial score (nSPS) is 10.6. The summed E-state index contributed by atoms with van der Waals surface area (Å²) in [6.45, 7) is 6.27. The van der Waals surface area contributed by atoms with Crippen molar-refractivity contribution in [2.75, 3.05) is 20.3 Å². The maximum Gasteiger partial charge on any atom is 0.333 e. The van der Waals surface area contributed by atoms with Crippen molar-refractivity contribution in [2.45, 2.75) is 32.6 Å². The van der Waals surface area contributed by atoms with Gasteiger partial charge in [0.15, 0.2) is 0 Å². The molecule has 2 aromatic carbocycles. The predicted molar refractivity (Wildman–Crippen MR) is 131 cm³/mol. The number of hydrogen-bond acceptors (Lipinski definition) is 8. The molecule has 0 radical (unpaired) electrons. The van der Waals surface area contributed by atoms with E-state index in [0.29, 0.717) is 18.8 Å². The number of nitrogens with zero attached hydrogens (tertiary/aromatic N) is 2. The summed E-state index contributed by atoms with van der Waals surface area (Å²) < 4.78 is 16.3. The molecule has 0 saturated heterocycles. The molecule has 1 heterocycles. The van der Waals surface area contributed by atoms with Gasteiger partial charge in [-0.2, -0.15) is 0 Å². The third kappa shape index (κ3) is 7.79. The van der Waals surface area contributed by atoms with E-state index in [1.54, 1.807) is 14.0 Å². The van der Waals surface area contributed by atoms with Crippen molar-refractivity contribution >= 4 is 11.9 Å². The summed E-state index contributed by atoms with van der Waals surface area (Å²) in [5.74, 6) is 0.155. The predicted octanol–water partition coefficient (Wildman–Crippen LogP) is 4.33. The third-order valence-electron chi connectivity index (χ3n) is 5.07. The summed E-state index contributed by atoms with van der Waals surface area (Å²) in [7, 11) is 1.57. The van der Waals surface area contributed by atoms with Gasteiger partial charge in [0, 0.05) is 18.2 Å². The Kier molecular flexibility index (Phi) is 9.56. The van der Waals surface area contributed by atoms with Crippen molar-refractivity contribution in [3.8, 4) is 28.3 Å². The number of hydrazine groups is 1. The summed E-state index contributed by atoms with van der Waals surface area (Å²) in [6.07, 6.45) is 3.77. The second-order valence-electron chi connectivity index (χ2n) is 7.90. The SMILES string of the molecule is C=C(C)C(=O)OCCCCCCOc1ccc(-c2ccc(-c3nnc(C(=O)NNC)o3)cc2)cc1. The van der Waals surface area contributed by atoms with E-state index in [9.17, 15) is 9.59 Å². The second kappa shape index (κ2) is 13.0. The van der Waals surface area contributed by atoms with Crippen LogP contribution in [0.1, 0.15) is 43.3 Å². The Hall–Kier alpha value is -3.98. The van der Waals surface area contributed by atoms with E-state index < -0.39 is 5.91 Å². The van der Waals surface area contributed by atoms with Gasteiger partial charge in [0.05, 0.1) is 13.2 Å². The smallest absolute Gasteiger partial charge is 0.333 e. The molecule has 0 aliphatic rings. The molecule has 1 aromatic heterocycles. The van der Waals surface area contributed by atoms with E-state index in [4.69, 9.17) is 13.9 Å². The maximum absolute atomic E-state index is 11.7. The highest BCUT2D eigenvalue weighted by Gasteiger charge is 2.15. The first-order valence-electron chi connectivity index (χ1n) is 11.4. The molecule has 0 saturated carbocycles. The van der Waals surface area contributed by atoms with Crippen LogP contribution >= 0.6 is 0 Å². The Bertz CT molecular complexity index is 1120. The molecular formula is C26H30N4O5. The van der Waals surface area contributed by atoms with Crippen LogP contribution in [0.15, 0.2) is 65.1 Å². The number of amides is 1. The lowest BCUT2D eigenvalue weighted by atomic mass is 10.0. The highest BCUT2D eigenvalue weighted by atomic mass is 16.5. The van der Waals surface area contributed by atoms with Crippen LogP contribution in [0, 0.1) is 0 Å². The monoisotopic (exact) mass is 478 g/mol. The number of nitrogens with one attached hydrogen (secondary N) is 2. The molecule has 184 valence electrons. The number of rotatable bonds is 13. The molecule has 9 nitrogen and oxygen atoms in total. The van der Waals surface area contributed by atoms with Gasteiger partial charge < -0.3 is 13.9 Å². The minimum atomic E-state index is -0.494. The molecule has 3 rings (SSSR count). The number of carbonyl (C=O) groups excluding carboxylic acids is 2. The Morgan fingerprint density at radius 3 is 2.11 bits per heavy atom. The largest absolute Gasteiger partial charge is 0.494 e. The van der Waals surface area contributed by atoms with E-state index in [-0.39, 0.29) is 17.8 Å². The van der Waals surface area contributed by atoms with Crippen LogP contribution in [0.2, 0.25) is 0 Å². The van der Waals surface area contributed by atoms with Crippen LogP contribution in [0.3, 0.4) is 0 Å². The van der Waals surface area contributed by atoms with Crippen LogP contribution in [0.25, 0.3) is 22.6 Å². The van der Waals surface area contributed by atoms with Gasteiger partial charge in [-0.15, -0.1) is 10.2 Å². The van der Waals surface area contributed by atoms with Crippen molar-refractivity contribution < 1.29 is 23.5 Å². The maximum atomic E-state index is 11.7. The Labute approximate surface area is 204 Å². The first kappa shape index (κ1) is 25.6. The minimum absolute atomic E-state index is 0.113. The van der Waals surface area contributed by atoms with E-state index >= 15 is 0 Å². The average molecular weight is 479 g/mol. The fraction of sp³-hybridized carbons (Fsp3) is 0.308. The van der Waals surface area contributed by atoms with Crippen LogP contribution in [-0.2, 0) is 9.53 Å². The Morgan fingerprint density at radius 1 is 0.886 bits per heavy atom. The molecule has 9 heteroatoms. The van der Waals surface area contributed by atoms with Crippen LogP contribution in [0.4, 0.5) is 0 Å². The molecule has 2 N–H and O–H groups in total. The van der Waals surface area contributed by atoms with Crippen molar-refractivity contribution in [1.82, 2.24) is 21.0 Å². The van der Waals surface area contributed by atoms with E-state index in [1.165, 1.54) is 0 Å². The average Bonchev–Trinajstić information content (AvgIpc) is 3.37. The number of hydrogen-bond donors (Lipinski definition) is 2. The van der Waals surface area contributed by atoms with Crippen molar-refractivity contribution in [2.24, 2.45) is 0 Å². The van der Waals surface area contributed by atoms with Gasteiger partial charge in [0.25, 0.3) is 0 Å². The first-order valence-corrected chi connectivity index (χ1v) is 11.4. The molecule has 0 fully saturated rings. The van der Waals surface area contributed by atoms with Gasteiger partial charge in [-0.3, -0.25) is 10.2 Å². The van der Waals surface area contributed by atoms with Crippen molar-refractivity contribution in [1.29, 1.82) is 0 Å². The van der Waals surface area contributed by atoms with E-state index in [0.717, 1.165) is 48.1 Å². The zero-order chi connectivity index (χ0) is 25.0. The molecule has 0 atom stereocenters. The molecule has 0 bridgehead atoms. The van der Waals surface area contributed by atoms with Gasteiger partial charge in [0.2, 0.25) is 5.89 Å². The number of benzene rings is 2. The Morgan fingerprint density at radius 2 is 1.49 bits per heavy atom.